The van der Waals surface area contributed by atoms with E-state index >= 15 is 0 Å². The fourth-order valence-corrected chi connectivity index (χ4v) is 8.31. The molecule has 0 fully saturated rings. The summed E-state index contributed by atoms with van der Waals surface area (Å²) in [4.78, 5) is 0. The zero-order valence-electron chi connectivity index (χ0n) is 28.6. The summed E-state index contributed by atoms with van der Waals surface area (Å²) in [5, 5.41) is 10.0. The highest BCUT2D eigenvalue weighted by atomic mass is 14.2. The molecule has 0 radical (unpaired) electrons. The van der Waals surface area contributed by atoms with E-state index in [2.05, 4.69) is 206 Å². The molecule has 0 amide bonds. The van der Waals surface area contributed by atoms with Crippen LogP contribution < -0.4 is 0 Å². The highest BCUT2D eigenvalue weighted by Crippen LogP contribution is 2.47. The molecule has 0 heteroatoms. The predicted octanol–water partition coefficient (Wildman–Crippen LogP) is 14.6. The molecule has 0 aliphatic rings. The molecule has 0 bridgehead atoms. The topological polar surface area (TPSA) is 0 Å². The van der Waals surface area contributed by atoms with Crippen LogP contribution in [0, 0.1) is 0 Å². The minimum atomic E-state index is 1.20. The average molecular weight is 659 g/mol. The molecule has 0 heterocycles. The molecule has 0 N–H and O–H groups in total. The molecule has 0 spiro atoms. The Morgan fingerprint density at radius 2 is 0.673 bits per heavy atom. The summed E-state index contributed by atoms with van der Waals surface area (Å²) in [6, 6.07) is 75.6. The second kappa shape index (κ2) is 12.5. The fourth-order valence-electron chi connectivity index (χ4n) is 8.31. The Bertz CT molecular complexity index is 2940. The van der Waals surface area contributed by atoms with Crippen molar-refractivity contribution in [3.8, 4) is 55.6 Å². The predicted molar refractivity (Wildman–Crippen MR) is 224 cm³/mol. The summed E-state index contributed by atoms with van der Waals surface area (Å²) >= 11 is 0. The van der Waals surface area contributed by atoms with Crippen molar-refractivity contribution in [2.24, 2.45) is 0 Å². The van der Waals surface area contributed by atoms with Crippen LogP contribution in [0.4, 0.5) is 0 Å². The summed E-state index contributed by atoms with van der Waals surface area (Å²) < 4.78 is 0. The van der Waals surface area contributed by atoms with Crippen molar-refractivity contribution in [3.63, 3.8) is 0 Å². The van der Waals surface area contributed by atoms with E-state index in [1.165, 1.54) is 98.7 Å². The van der Waals surface area contributed by atoms with Crippen LogP contribution in [0.15, 0.2) is 206 Å². The average Bonchev–Trinajstić information content (AvgIpc) is 3.22. The summed E-state index contributed by atoms with van der Waals surface area (Å²) in [5.41, 5.74) is 12.4. The van der Waals surface area contributed by atoms with Crippen molar-refractivity contribution in [2.75, 3.05) is 0 Å². The van der Waals surface area contributed by atoms with Gasteiger partial charge < -0.3 is 0 Å². The van der Waals surface area contributed by atoms with Crippen LogP contribution in [0.25, 0.3) is 98.7 Å². The van der Waals surface area contributed by atoms with Crippen LogP contribution in [-0.2, 0) is 0 Å². The lowest BCUT2D eigenvalue weighted by atomic mass is 9.83. The second-order valence-electron chi connectivity index (χ2n) is 13.6. The number of hydrogen-bond acceptors (Lipinski definition) is 0. The van der Waals surface area contributed by atoms with Crippen molar-refractivity contribution in [2.45, 2.75) is 0 Å². The van der Waals surface area contributed by atoms with E-state index in [4.69, 9.17) is 0 Å². The Morgan fingerprint density at radius 1 is 0.192 bits per heavy atom. The molecule has 10 rings (SSSR count). The van der Waals surface area contributed by atoms with Crippen LogP contribution in [0.3, 0.4) is 0 Å². The van der Waals surface area contributed by atoms with Gasteiger partial charge in [0.25, 0.3) is 0 Å². The molecule has 0 saturated carbocycles. The van der Waals surface area contributed by atoms with E-state index in [1.54, 1.807) is 0 Å². The summed E-state index contributed by atoms with van der Waals surface area (Å²) in [7, 11) is 0. The molecule has 0 saturated heterocycles. The zero-order valence-corrected chi connectivity index (χ0v) is 28.6. The molecular formula is C52H34. The van der Waals surface area contributed by atoms with Crippen LogP contribution >= 0.6 is 0 Å². The standard InChI is InChI=1S/C52H34/c1-2-15-35(16-3-1)38-21-12-22-40(33-38)51-47-27-10-11-28-48(47)52(46-30-14-20-37-18-5-7-24-42(37)46)49-32-31-39(34-50(49)51)43-25-8-9-26-44(43)45-29-13-19-36-17-4-6-23-41(36)45/h1-34H. The van der Waals surface area contributed by atoms with Crippen LogP contribution in [0.2, 0.25) is 0 Å². The Morgan fingerprint density at radius 3 is 1.42 bits per heavy atom. The maximum Gasteiger partial charge on any atom is -0.00201 e. The van der Waals surface area contributed by atoms with E-state index in [0.717, 1.165) is 0 Å². The minimum absolute atomic E-state index is 1.20. The maximum atomic E-state index is 2.45. The Hall–Kier alpha value is -6.76. The molecule has 52 heavy (non-hydrogen) atoms. The van der Waals surface area contributed by atoms with E-state index < -0.39 is 0 Å². The van der Waals surface area contributed by atoms with E-state index in [9.17, 15) is 0 Å². The van der Waals surface area contributed by atoms with Gasteiger partial charge in [0, 0.05) is 0 Å². The third kappa shape index (κ3) is 5.00. The lowest BCUT2D eigenvalue weighted by Crippen LogP contribution is -1.93. The van der Waals surface area contributed by atoms with Crippen LogP contribution in [0.5, 0.6) is 0 Å². The lowest BCUT2D eigenvalue weighted by Gasteiger charge is -2.20. The molecule has 0 atom stereocenters. The SMILES string of the molecule is c1ccc(-c2cccc(-c3c4ccccc4c(-c4cccc5ccccc45)c4ccc(-c5ccccc5-c5cccc6ccccc56)cc34)c2)cc1. The fraction of sp³-hybridized carbons (Fsp3) is 0. The van der Waals surface area contributed by atoms with Crippen molar-refractivity contribution in [1.82, 2.24) is 0 Å². The van der Waals surface area contributed by atoms with Crippen molar-refractivity contribution in [1.29, 1.82) is 0 Å². The van der Waals surface area contributed by atoms with Crippen LogP contribution in [0.1, 0.15) is 0 Å². The van der Waals surface area contributed by atoms with Crippen molar-refractivity contribution in [3.05, 3.63) is 206 Å². The van der Waals surface area contributed by atoms with Gasteiger partial charge in [-0.05, 0) is 111 Å². The highest BCUT2D eigenvalue weighted by molar-refractivity contribution is 6.24. The van der Waals surface area contributed by atoms with E-state index in [0.29, 0.717) is 0 Å². The first-order valence-electron chi connectivity index (χ1n) is 18.0. The van der Waals surface area contributed by atoms with Gasteiger partial charge in [-0.2, -0.15) is 0 Å². The Labute approximate surface area is 303 Å². The maximum absolute atomic E-state index is 2.45. The van der Waals surface area contributed by atoms with Gasteiger partial charge in [-0.15, -0.1) is 0 Å². The first-order valence-corrected chi connectivity index (χ1v) is 18.0. The molecule has 0 aliphatic carbocycles. The molecule has 242 valence electrons. The Kier molecular flexibility index (Phi) is 7.25. The number of rotatable bonds is 5. The lowest BCUT2D eigenvalue weighted by molar-refractivity contribution is 1.60. The first-order chi connectivity index (χ1) is 25.8. The number of benzene rings is 10. The highest BCUT2D eigenvalue weighted by Gasteiger charge is 2.20. The van der Waals surface area contributed by atoms with Gasteiger partial charge in [-0.3, -0.25) is 0 Å². The van der Waals surface area contributed by atoms with Gasteiger partial charge in [0.2, 0.25) is 0 Å². The van der Waals surface area contributed by atoms with Crippen molar-refractivity contribution >= 4 is 43.1 Å². The van der Waals surface area contributed by atoms with E-state index in [-0.39, 0.29) is 0 Å². The van der Waals surface area contributed by atoms with E-state index in [1.807, 2.05) is 0 Å². The molecular weight excluding hydrogens is 625 g/mol. The third-order valence-electron chi connectivity index (χ3n) is 10.7. The van der Waals surface area contributed by atoms with Gasteiger partial charge in [0.15, 0.2) is 0 Å². The first kappa shape index (κ1) is 30.1. The summed E-state index contributed by atoms with van der Waals surface area (Å²) in [6.07, 6.45) is 0. The molecule has 10 aromatic carbocycles. The molecule has 0 aromatic heterocycles. The van der Waals surface area contributed by atoms with Gasteiger partial charge in [-0.25, -0.2) is 0 Å². The van der Waals surface area contributed by atoms with Crippen LogP contribution in [-0.4, -0.2) is 0 Å². The second-order valence-corrected chi connectivity index (χ2v) is 13.6. The van der Waals surface area contributed by atoms with Gasteiger partial charge in [0.1, 0.15) is 0 Å². The zero-order chi connectivity index (χ0) is 34.4. The normalized spacial score (nSPS) is 11.5. The van der Waals surface area contributed by atoms with Crippen molar-refractivity contribution < 1.29 is 0 Å². The largest absolute Gasteiger partial charge is 0.0622 e. The molecule has 10 aromatic rings. The molecule has 0 unspecified atom stereocenters. The monoisotopic (exact) mass is 658 g/mol. The third-order valence-corrected chi connectivity index (χ3v) is 10.7. The number of hydrogen-bond donors (Lipinski definition) is 0. The number of fused-ring (bicyclic) bond motifs is 4. The summed E-state index contributed by atoms with van der Waals surface area (Å²) in [6.45, 7) is 0. The molecule has 0 nitrogen and oxygen atoms in total. The smallest absolute Gasteiger partial charge is 0.00201 e. The molecule has 0 aliphatic heterocycles. The summed E-state index contributed by atoms with van der Waals surface area (Å²) in [5.74, 6) is 0. The van der Waals surface area contributed by atoms with Gasteiger partial charge >= 0.3 is 0 Å². The minimum Gasteiger partial charge on any atom is -0.0622 e. The Balaban J connectivity index is 1.31. The van der Waals surface area contributed by atoms with Gasteiger partial charge in [0.05, 0.1) is 0 Å². The quantitative estimate of drug-likeness (QED) is 0.161. The van der Waals surface area contributed by atoms with Gasteiger partial charge in [-0.1, -0.05) is 194 Å².